The van der Waals surface area contributed by atoms with Gasteiger partial charge in [0.1, 0.15) is 11.5 Å². The average molecular weight is 275 g/mol. The van der Waals surface area contributed by atoms with Crippen LogP contribution in [0.1, 0.15) is 39.5 Å². The molecule has 6 nitrogen and oxygen atoms in total. The van der Waals surface area contributed by atoms with Crippen LogP contribution < -0.4 is 0 Å². The summed E-state index contributed by atoms with van der Waals surface area (Å²) >= 11 is 0. The van der Waals surface area contributed by atoms with Crippen LogP contribution in [0.4, 0.5) is 0 Å². The second kappa shape index (κ2) is 5.40. The molecule has 0 aliphatic heterocycles. The third-order valence-corrected chi connectivity index (χ3v) is 2.51. The Morgan fingerprint density at radius 2 is 1.95 bits per heavy atom. The Morgan fingerprint density at radius 3 is 2.55 bits per heavy atom. The molecular weight excluding hydrogens is 258 g/mol. The van der Waals surface area contributed by atoms with Gasteiger partial charge in [-0.15, -0.1) is 0 Å². The predicted octanol–water partition coefficient (Wildman–Crippen LogP) is 2.58. The first-order chi connectivity index (χ1) is 9.37. The summed E-state index contributed by atoms with van der Waals surface area (Å²) in [5, 5.41) is 3.86. The van der Waals surface area contributed by atoms with Crippen LogP contribution in [-0.4, -0.2) is 26.7 Å². The fourth-order valence-electron chi connectivity index (χ4n) is 1.52. The van der Waals surface area contributed by atoms with E-state index in [0.29, 0.717) is 5.82 Å². The number of pyridine rings is 1. The molecule has 1 unspecified atom stereocenters. The maximum absolute atomic E-state index is 11.9. The number of rotatable bonds is 3. The van der Waals surface area contributed by atoms with Crippen molar-refractivity contribution >= 4 is 5.97 Å². The van der Waals surface area contributed by atoms with Crippen molar-refractivity contribution in [3.63, 3.8) is 0 Å². The molecule has 1 atom stereocenters. The molecule has 0 radical (unpaired) electrons. The normalized spacial score (nSPS) is 13.0. The number of hydrogen-bond acceptors (Lipinski definition) is 6. The van der Waals surface area contributed by atoms with E-state index in [1.54, 1.807) is 31.5 Å². The highest BCUT2D eigenvalue weighted by Crippen LogP contribution is 2.21. The molecular formula is C14H17N3O3. The molecule has 2 aromatic heterocycles. The van der Waals surface area contributed by atoms with Crippen LogP contribution in [0.5, 0.6) is 0 Å². The van der Waals surface area contributed by atoms with Crippen molar-refractivity contribution in [2.75, 3.05) is 0 Å². The summed E-state index contributed by atoms with van der Waals surface area (Å²) in [4.78, 5) is 20.1. The van der Waals surface area contributed by atoms with Crippen LogP contribution in [0.3, 0.4) is 0 Å². The van der Waals surface area contributed by atoms with Gasteiger partial charge in [0.25, 0.3) is 0 Å². The second-order valence-electron chi connectivity index (χ2n) is 5.45. The van der Waals surface area contributed by atoms with E-state index in [1.165, 1.54) is 0 Å². The zero-order valence-electron chi connectivity index (χ0n) is 12.0. The third-order valence-electron chi connectivity index (χ3n) is 2.51. The number of hydrogen-bond donors (Lipinski definition) is 0. The van der Waals surface area contributed by atoms with Crippen molar-refractivity contribution in [2.45, 2.75) is 39.2 Å². The molecule has 0 amide bonds. The molecule has 0 aromatic carbocycles. The summed E-state index contributed by atoms with van der Waals surface area (Å²) in [5.74, 6) is -0.316. The monoisotopic (exact) mass is 275 g/mol. The molecule has 0 aliphatic rings. The first-order valence-corrected chi connectivity index (χ1v) is 6.34. The molecule has 2 aromatic rings. The molecule has 0 N–H and O–H groups in total. The van der Waals surface area contributed by atoms with Gasteiger partial charge in [-0.1, -0.05) is 5.16 Å². The van der Waals surface area contributed by atoms with Crippen LogP contribution in [0.15, 0.2) is 29.0 Å². The van der Waals surface area contributed by atoms with E-state index >= 15 is 0 Å². The van der Waals surface area contributed by atoms with E-state index < -0.39 is 11.5 Å². The Balaban J connectivity index is 2.15. The van der Waals surface area contributed by atoms with Crippen molar-refractivity contribution in [2.24, 2.45) is 0 Å². The Hall–Kier alpha value is -2.24. The van der Waals surface area contributed by atoms with E-state index in [4.69, 9.17) is 9.26 Å². The van der Waals surface area contributed by atoms with Gasteiger partial charge in [0.15, 0.2) is 0 Å². The lowest BCUT2D eigenvalue weighted by Crippen LogP contribution is -2.26. The first kappa shape index (κ1) is 14.2. The second-order valence-corrected chi connectivity index (χ2v) is 5.45. The zero-order valence-corrected chi connectivity index (χ0v) is 12.0. The van der Waals surface area contributed by atoms with Crippen molar-refractivity contribution in [3.8, 4) is 11.4 Å². The Kier molecular flexibility index (Phi) is 3.83. The van der Waals surface area contributed by atoms with E-state index in [1.807, 2.05) is 20.8 Å². The minimum Gasteiger partial charge on any atom is -0.459 e. The fourth-order valence-corrected chi connectivity index (χ4v) is 1.52. The summed E-state index contributed by atoms with van der Waals surface area (Å²) in [6.07, 6.45) is 3.28. The van der Waals surface area contributed by atoms with Gasteiger partial charge in [0.05, 0.1) is 0 Å². The lowest BCUT2D eigenvalue weighted by atomic mass is 10.1. The number of ether oxygens (including phenoxy) is 1. The van der Waals surface area contributed by atoms with Crippen LogP contribution >= 0.6 is 0 Å². The highest BCUT2D eigenvalue weighted by atomic mass is 16.6. The maximum Gasteiger partial charge on any atom is 0.318 e. The quantitative estimate of drug-likeness (QED) is 0.801. The minimum atomic E-state index is -0.600. The van der Waals surface area contributed by atoms with Gasteiger partial charge >= 0.3 is 5.97 Å². The van der Waals surface area contributed by atoms with Crippen molar-refractivity contribution in [1.82, 2.24) is 15.1 Å². The summed E-state index contributed by atoms with van der Waals surface area (Å²) in [6, 6.07) is 3.54. The summed E-state index contributed by atoms with van der Waals surface area (Å²) in [7, 11) is 0. The van der Waals surface area contributed by atoms with Gasteiger partial charge in [-0.05, 0) is 39.8 Å². The van der Waals surface area contributed by atoms with Crippen LogP contribution in [0.2, 0.25) is 0 Å². The highest BCUT2D eigenvalue weighted by Gasteiger charge is 2.27. The first-order valence-electron chi connectivity index (χ1n) is 6.34. The van der Waals surface area contributed by atoms with Gasteiger partial charge in [-0.2, -0.15) is 4.98 Å². The van der Waals surface area contributed by atoms with Crippen LogP contribution in [0, 0.1) is 0 Å². The zero-order chi connectivity index (χ0) is 14.8. The van der Waals surface area contributed by atoms with Gasteiger partial charge in [0.2, 0.25) is 11.7 Å². The highest BCUT2D eigenvalue weighted by molar-refractivity contribution is 5.76. The van der Waals surface area contributed by atoms with Gasteiger partial charge in [0, 0.05) is 18.0 Å². The van der Waals surface area contributed by atoms with Gasteiger partial charge < -0.3 is 9.26 Å². The van der Waals surface area contributed by atoms with Crippen molar-refractivity contribution in [1.29, 1.82) is 0 Å². The molecule has 0 aliphatic carbocycles. The summed E-state index contributed by atoms with van der Waals surface area (Å²) in [6.45, 7) is 7.12. The fraction of sp³-hybridized carbons (Fsp3) is 0.429. The largest absolute Gasteiger partial charge is 0.459 e. The molecule has 6 heteroatoms. The molecule has 0 fully saturated rings. The Morgan fingerprint density at radius 1 is 1.30 bits per heavy atom. The SMILES string of the molecule is CC(C(=O)OC(C)(C)C)c1nc(-c2ccncc2)no1. The molecule has 0 bridgehead atoms. The lowest BCUT2D eigenvalue weighted by Gasteiger charge is -2.20. The number of carbonyl (C=O) groups is 1. The lowest BCUT2D eigenvalue weighted by molar-refractivity contribution is -0.156. The van der Waals surface area contributed by atoms with E-state index in [0.717, 1.165) is 5.56 Å². The number of carbonyl (C=O) groups excluding carboxylic acids is 1. The molecule has 0 saturated carbocycles. The van der Waals surface area contributed by atoms with Crippen LogP contribution in [0.25, 0.3) is 11.4 Å². The van der Waals surface area contributed by atoms with Crippen molar-refractivity contribution in [3.05, 3.63) is 30.4 Å². The maximum atomic E-state index is 11.9. The molecule has 106 valence electrons. The minimum absolute atomic E-state index is 0.242. The Labute approximate surface area is 117 Å². The third kappa shape index (κ3) is 3.40. The summed E-state index contributed by atoms with van der Waals surface area (Å²) < 4.78 is 10.4. The van der Waals surface area contributed by atoms with Crippen LogP contribution in [-0.2, 0) is 9.53 Å². The number of aromatic nitrogens is 3. The standard InChI is InChI=1S/C14H17N3O3/c1-9(13(18)19-14(2,3)4)12-16-11(17-20-12)10-5-7-15-8-6-10/h5-9H,1-4H3. The molecule has 0 spiro atoms. The van der Waals surface area contributed by atoms with Crippen molar-refractivity contribution < 1.29 is 14.1 Å². The number of nitrogens with zero attached hydrogens (tertiary/aromatic N) is 3. The van der Waals surface area contributed by atoms with E-state index in [9.17, 15) is 4.79 Å². The average Bonchev–Trinajstić information content (AvgIpc) is 2.86. The number of esters is 1. The molecule has 2 rings (SSSR count). The summed E-state index contributed by atoms with van der Waals surface area (Å²) in [5.41, 5.74) is 0.241. The smallest absolute Gasteiger partial charge is 0.318 e. The molecule has 20 heavy (non-hydrogen) atoms. The van der Waals surface area contributed by atoms with E-state index in [2.05, 4.69) is 15.1 Å². The molecule has 2 heterocycles. The van der Waals surface area contributed by atoms with Gasteiger partial charge in [-0.25, -0.2) is 0 Å². The topological polar surface area (TPSA) is 78.1 Å². The van der Waals surface area contributed by atoms with E-state index in [-0.39, 0.29) is 11.9 Å². The van der Waals surface area contributed by atoms with Gasteiger partial charge in [-0.3, -0.25) is 9.78 Å². The predicted molar refractivity (Wildman–Crippen MR) is 71.8 cm³/mol. The molecule has 0 saturated heterocycles. The Bertz CT molecular complexity index is 587.